The number of hydrogen-bond acceptors (Lipinski definition) is 10. The summed E-state index contributed by atoms with van der Waals surface area (Å²) in [4.78, 5) is 53.9. The third kappa shape index (κ3) is 7.71. The van der Waals surface area contributed by atoms with Crippen molar-refractivity contribution in [3.63, 3.8) is 0 Å². The maximum absolute atomic E-state index is 12.8. The molecule has 3 atom stereocenters. The van der Waals surface area contributed by atoms with Crippen molar-refractivity contribution in [2.45, 2.75) is 31.7 Å². The van der Waals surface area contributed by atoms with Crippen LogP contribution in [0.15, 0.2) is 66.9 Å². The van der Waals surface area contributed by atoms with Crippen molar-refractivity contribution in [3.8, 4) is 23.0 Å². The van der Waals surface area contributed by atoms with E-state index in [0.717, 1.165) is 22.0 Å². The van der Waals surface area contributed by atoms with E-state index in [9.17, 15) is 19.2 Å². The minimum atomic E-state index is -1.06. The van der Waals surface area contributed by atoms with Crippen molar-refractivity contribution in [2.24, 2.45) is 11.8 Å². The smallest absolute Gasteiger partial charge is 0.333 e. The van der Waals surface area contributed by atoms with Crippen LogP contribution < -0.4 is 24.3 Å². The first-order chi connectivity index (χ1) is 23.2. The number of para-hydroxylation sites is 1. The van der Waals surface area contributed by atoms with Crippen LogP contribution in [-0.2, 0) is 41.5 Å². The zero-order chi connectivity index (χ0) is 34.2. The number of amides is 1. The molecule has 48 heavy (non-hydrogen) atoms. The van der Waals surface area contributed by atoms with E-state index < -0.39 is 23.9 Å². The van der Waals surface area contributed by atoms with Crippen LogP contribution in [0.3, 0.4) is 0 Å². The standard InChI is InChI=1S/C36H38N2O10/c1-43-28-11-9-21(17-30(28)44-2)15-23-20-47-35(41)25(23)16-22-10-12-29(31(18-22)45-3)48-33(40)14-13-32(39)38-34(36(42)46-4)26-19-37-27-8-6-5-7-24(26)27/h5-12,17-19,23,25,34,37H,13-16,20H2,1-4H3,(H,38,39)/t23-,25+,34-/m0/s1. The lowest BCUT2D eigenvalue weighted by atomic mass is 9.85. The highest BCUT2D eigenvalue weighted by Gasteiger charge is 2.37. The predicted molar refractivity (Wildman–Crippen MR) is 174 cm³/mol. The average Bonchev–Trinajstić information content (AvgIpc) is 3.69. The lowest BCUT2D eigenvalue weighted by molar-refractivity contribution is -0.145. The molecule has 0 bridgehead atoms. The van der Waals surface area contributed by atoms with E-state index in [4.69, 9.17) is 28.4 Å². The third-order valence-electron chi connectivity index (χ3n) is 8.40. The van der Waals surface area contributed by atoms with Crippen molar-refractivity contribution in [2.75, 3.05) is 35.0 Å². The zero-order valence-corrected chi connectivity index (χ0v) is 27.2. The van der Waals surface area contributed by atoms with E-state index in [-0.39, 0.29) is 36.4 Å². The van der Waals surface area contributed by atoms with Gasteiger partial charge in [0.2, 0.25) is 5.91 Å². The van der Waals surface area contributed by atoms with Crippen molar-refractivity contribution >= 4 is 34.7 Å². The molecule has 1 amide bonds. The van der Waals surface area contributed by atoms with Gasteiger partial charge in [-0.15, -0.1) is 0 Å². The van der Waals surface area contributed by atoms with E-state index >= 15 is 0 Å². The maximum Gasteiger partial charge on any atom is 0.333 e. The van der Waals surface area contributed by atoms with E-state index in [1.165, 1.54) is 14.2 Å². The first kappa shape index (κ1) is 33.8. The number of nitrogens with one attached hydrogen (secondary N) is 2. The number of carbonyl (C=O) groups is 4. The van der Waals surface area contributed by atoms with E-state index in [2.05, 4.69) is 10.3 Å². The molecular weight excluding hydrogens is 620 g/mol. The third-order valence-corrected chi connectivity index (χ3v) is 8.40. The minimum Gasteiger partial charge on any atom is -0.493 e. The second kappa shape index (κ2) is 15.4. The predicted octanol–water partition coefficient (Wildman–Crippen LogP) is 4.48. The van der Waals surface area contributed by atoms with Crippen LogP contribution in [0.25, 0.3) is 10.9 Å². The average molecular weight is 659 g/mol. The first-order valence-corrected chi connectivity index (χ1v) is 15.4. The summed E-state index contributed by atoms with van der Waals surface area (Å²) >= 11 is 0. The van der Waals surface area contributed by atoms with Crippen LogP contribution in [-0.4, -0.2) is 63.8 Å². The molecule has 3 aromatic carbocycles. The van der Waals surface area contributed by atoms with Gasteiger partial charge in [0.25, 0.3) is 0 Å². The Morgan fingerprint density at radius 1 is 0.854 bits per heavy atom. The molecule has 1 fully saturated rings. The molecule has 0 unspecified atom stereocenters. The molecule has 1 aliphatic rings. The summed E-state index contributed by atoms with van der Waals surface area (Å²) in [5.41, 5.74) is 3.15. The number of esters is 3. The Hall–Kier alpha value is -5.52. The van der Waals surface area contributed by atoms with Crippen LogP contribution in [0.4, 0.5) is 0 Å². The normalized spacial score (nSPS) is 16.1. The number of hydrogen-bond donors (Lipinski definition) is 2. The molecule has 1 aromatic heterocycles. The monoisotopic (exact) mass is 658 g/mol. The number of benzene rings is 3. The van der Waals surface area contributed by atoms with Crippen LogP contribution >= 0.6 is 0 Å². The number of cyclic esters (lactones) is 1. The van der Waals surface area contributed by atoms with Crippen molar-refractivity contribution in [3.05, 3.63) is 83.6 Å². The van der Waals surface area contributed by atoms with E-state index in [1.807, 2.05) is 42.5 Å². The fourth-order valence-corrected chi connectivity index (χ4v) is 5.88. The molecule has 2 N–H and O–H groups in total. The second-order valence-corrected chi connectivity index (χ2v) is 11.4. The highest BCUT2D eigenvalue weighted by Crippen LogP contribution is 2.35. The van der Waals surface area contributed by atoms with Crippen LogP contribution in [0.5, 0.6) is 23.0 Å². The Kier molecular flexibility index (Phi) is 10.8. The largest absolute Gasteiger partial charge is 0.493 e. The van der Waals surface area contributed by atoms with Gasteiger partial charge in [0, 0.05) is 35.0 Å². The van der Waals surface area contributed by atoms with Crippen LogP contribution in [0.1, 0.15) is 35.6 Å². The number of methoxy groups -OCH3 is 4. The van der Waals surface area contributed by atoms with E-state index in [0.29, 0.717) is 42.3 Å². The highest BCUT2D eigenvalue weighted by atomic mass is 16.6. The Labute approximate surface area is 277 Å². The van der Waals surface area contributed by atoms with Crippen molar-refractivity contribution < 1.29 is 47.6 Å². The van der Waals surface area contributed by atoms with Crippen molar-refractivity contribution in [1.29, 1.82) is 0 Å². The van der Waals surface area contributed by atoms with Gasteiger partial charge in [-0.05, 0) is 54.3 Å². The van der Waals surface area contributed by atoms with Gasteiger partial charge >= 0.3 is 17.9 Å². The van der Waals surface area contributed by atoms with Crippen molar-refractivity contribution in [1.82, 2.24) is 10.3 Å². The molecule has 252 valence electrons. The number of aromatic amines is 1. The maximum atomic E-state index is 12.8. The number of ether oxygens (including phenoxy) is 6. The van der Waals surface area contributed by atoms with Gasteiger partial charge in [0.1, 0.15) is 0 Å². The summed E-state index contributed by atoms with van der Waals surface area (Å²) in [6.45, 7) is 0.306. The molecule has 0 spiro atoms. The van der Waals surface area contributed by atoms with Crippen LogP contribution in [0, 0.1) is 11.8 Å². The Balaban J connectivity index is 1.18. The molecular formula is C36H38N2O10. The lowest BCUT2D eigenvalue weighted by Crippen LogP contribution is -2.34. The molecule has 4 aromatic rings. The summed E-state index contributed by atoms with van der Waals surface area (Å²) in [6, 6.07) is 17.1. The summed E-state index contributed by atoms with van der Waals surface area (Å²) in [6.07, 6.45) is 2.19. The molecule has 1 saturated heterocycles. The molecule has 12 heteroatoms. The van der Waals surface area contributed by atoms with Gasteiger partial charge in [-0.25, -0.2) is 4.79 Å². The first-order valence-electron chi connectivity index (χ1n) is 15.4. The molecule has 0 aliphatic carbocycles. The summed E-state index contributed by atoms with van der Waals surface area (Å²) in [7, 11) is 5.84. The zero-order valence-electron chi connectivity index (χ0n) is 27.2. The Morgan fingerprint density at radius 3 is 2.23 bits per heavy atom. The lowest BCUT2D eigenvalue weighted by Gasteiger charge is -2.17. The fraction of sp³-hybridized carbons (Fsp3) is 0.333. The number of carbonyl (C=O) groups excluding carboxylic acids is 4. The second-order valence-electron chi connectivity index (χ2n) is 11.4. The van der Waals surface area contributed by atoms with Gasteiger partial charge in [-0.3, -0.25) is 14.4 Å². The minimum absolute atomic E-state index is 0.0556. The quantitative estimate of drug-likeness (QED) is 0.147. The van der Waals surface area contributed by atoms with Gasteiger partial charge in [0.15, 0.2) is 29.0 Å². The molecule has 12 nitrogen and oxygen atoms in total. The SMILES string of the molecule is COC(=O)[C@@H](NC(=O)CCC(=O)Oc1ccc(C[C@H]2C(=O)OC[C@@H]2Cc2ccc(OC)c(OC)c2)cc1OC)c1c[nH]c2ccccc12. The Bertz CT molecular complexity index is 1800. The van der Waals surface area contributed by atoms with Gasteiger partial charge in [-0.1, -0.05) is 30.3 Å². The van der Waals surface area contributed by atoms with Gasteiger partial charge < -0.3 is 38.7 Å². The molecule has 5 rings (SSSR count). The Morgan fingerprint density at radius 2 is 1.52 bits per heavy atom. The fourth-order valence-electron chi connectivity index (χ4n) is 5.88. The number of fused-ring (bicyclic) bond motifs is 1. The molecule has 1 aliphatic heterocycles. The number of rotatable bonds is 14. The number of aromatic nitrogens is 1. The van der Waals surface area contributed by atoms with Gasteiger partial charge in [-0.2, -0.15) is 0 Å². The van der Waals surface area contributed by atoms with Crippen LogP contribution in [0.2, 0.25) is 0 Å². The summed E-state index contributed by atoms with van der Waals surface area (Å²) in [5, 5.41) is 3.43. The molecule has 0 saturated carbocycles. The summed E-state index contributed by atoms with van der Waals surface area (Å²) < 4.78 is 32.1. The molecule has 0 radical (unpaired) electrons. The topological polar surface area (TPSA) is 151 Å². The number of H-pyrrole nitrogens is 1. The highest BCUT2D eigenvalue weighted by molar-refractivity contribution is 5.93. The van der Waals surface area contributed by atoms with E-state index in [1.54, 1.807) is 38.6 Å². The van der Waals surface area contributed by atoms with Gasteiger partial charge in [0.05, 0.1) is 47.4 Å². The summed E-state index contributed by atoms with van der Waals surface area (Å²) in [5.74, 6) is -0.816. The molecule has 2 heterocycles.